The molecule has 1 heterocycles. The lowest BCUT2D eigenvalue weighted by Gasteiger charge is -2.29. The van der Waals surface area contributed by atoms with Crippen molar-refractivity contribution in [1.29, 1.82) is 0 Å². The summed E-state index contributed by atoms with van der Waals surface area (Å²) >= 11 is 0. The molecular weight excluding hydrogens is 250 g/mol. The maximum Gasteiger partial charge on any atom is 0.240 e. The average molecular weight is 271 g/mol. The zero-order valence-corrected chi connectivity index (χ0v) is 11.9. The van der Waals surface area contributed by atoms with E-state index in [0.29, 0.717) is 18.5 Å². The Kier molecular flexibility index (Phi) is 3.72. The summed E-state index contributed by atoms with van der Waals surface area (Å²) in [6.07, 6.45) is 6.59. The summed E-state index contributed by atoms with van der Waals surface area (Å²) in [4.78, 5) is 16.5. The fourth-order valence-corrected chi connectivity index (χ4v) is 3.07. The van der Waals surface area contributed by atoms with E-state index in [4.69, 9.17) is 0 Å². The summed E-state index contributed by atoms with van der Waals surface area (Å²) in [5.41, 5.74) is 1.95. The number of benzene rings is 1. The fourth-order valence-electron chi connectivity index (χ4n) is 3.07. The normalized spacial score (nSPS) is 22.9. The molecule has 1 aliphatic carbocycles. The van der Waals surface area contributed by atoms with Gasteiger partial charge in [0.1, 0.15) is 6.54 Å². The van der Waals surface area contributed by atoms with Crippen molar-refractivity contribution >= 4 is 16.9 Å². The molecule has 0 saturated heterocycles. The Morgan fingerprint density at radius 3 is 3.00 bits per heavy atom. The number of nitrogens with one attached hydrogen (secondary N) is 1. The summed E-state index contributed by atoms with van der Waals surface area (Å²) in [6.45, 7) is 2.58. The summed E-state index contributed by atoms with van der Waals surface area (Å²) in [5, 5.41) is 3.18. The van der Waals surface area contributed by atoms with Crippen LogP contribution < -0.4 is 5.32 Å². The van der Waals surface area contributed by atoms with Gasteiger partial charge in [-0.3, -0.25) is 4.79 Å². The number of imidazole rings is 1. The molecule has 1 N–H and O–H groups in total. The standard InChI is InChI=1S/C16H21N3O/c1-12-6-2-3-7-13(12)18-16(20)10-19-11-17-14-8-4-5-9-15(14)19/h4-5,8-9,11-13H,2-3,6-7,10H2,1H3,(H,18,20)/t12-,13+/m0/s1. The number of carbonyl (C=O) groups is 1. The molecule has 1 aromatic heterocycles. The largest absolute Gasteiger partial charge is 0.352 e. The SMILES string of the molecule is C[C@H]1CCCC[C@H]1NC(=O)Cn1cnc2ccccc21. The minimum atomic E-state index is 0.0897. The van der Waals surface area contributed by atoms with Crippen LogP contribution in [0.5, 0.6) is 0 Å². The number of hydrogen-bond donors (Lipinski definition) is 1. The number of nitrogens with zero attached hydrogens (tertiary/aromatic N) is 2. The van der Waals surface area contributed by atoms with E-state index in [1.165, 1.54) is 19.3 Å². The van der Waals surface area contributed by atoms with Crippen LogP contribution in [-0.2, 0) is 11.3 Å². The van der Waals surface area contributed by atoms with Gasteiger partial charge in [0.05, 0.1) is 17.4 Å². The number of aromatic nitrogens is 2. The maximum absolute atomic E-state index is 12.2. The van der Waals surface area contributed by atoms with Crippen LogP contribution in [0.3, 0.4) is 0 Å². The van der Waals surface area contributed by atoms with Crippen LogP contribution in [0.2, 0.25) is 0 Å². The van der Waals surface area contributed by atoms with Gasteiger partial charge in [0.2, 0.25) is 5.91 Å². The first-order valence-corrected chi connectivity index (χ1v) is 7.43. The Balaban J connectivity index is 1.66. The first-order chi connectivity index (χ1) is 9.74. The predicted molar refractivity (Wildman–Crippen MR) is 79.3 cm³/mol. The minimum Gasteiger partial charge on any atom is -0.352 e. The third kappa shape index (κ3) is 2.69. The quantitative estimate of drug-likeness (QED) is 0.933. The van der Waals surface area contributed by atoms with Crippen LogP contribution >= 0.6 is 0 Å². The second kappa shape index (κ2) is 5.65. The van der Waals surface area contributed by atoms with E-state index in [9.17, 15) is 4.79 Å². The number of fused-ring (bicyclic) bond motifs is 1. The van der Waals surface area contributed by atoms with Crippen LogP contribution in [0.25, 0.3) is 11.0 Å². The Hall–Kier alpha value is -1.84. The van der Waals surface area contributed by atoms with E-state index in [1.54, 1.807) is 6.33 Å². The summed E-state index contributed by atoms with van der Waals surface area (Å²) in [6, 6.07) is 8.24. The Morgan fingerprint density at radius 2 is 2.15 bits per heavy atom. The molecule has 1 aromatic carbocycles. The number of carbonyl (C=O) groups excluding carboxylic acids is 1. The molecule has 1 fully saturated rings. The molecule has 1 saturated carbocycles. The van der Waals surface area contributed by atoms with Crippen molar-refractivity contribution in [3.05, 3.63) is 30.6 Å². The lowest BCUT2D eigenvalue weighted by atomic mass is 9.86. The second-order valence-corrected chi connectivity index (χ2v) is 5.80. The van der Waals surface area contributed by atoms with Crippen molar-refractivity contribution in [2.75, 3.05) is 0 Å². The Labute approximate surface area is 119 Å². The molecule has 0 bridgehead atoms. The topological polar surface area (TPSA) is 46.9 Å². The molecule has 3 rings (SSSR count). The van der Waals surface area contributed by atoms with Crippen molar-refractivity contribution in [1.82, 2.24) is 14.9 Å². The average Bonchev–Trinajstić information content (AvgIpc) is 2.85. The molecule has 4 heteroatoms. The van der Waals surface area contributed by atoms with Gasteiger partial charge in [-0.2, -0.15) is 0 Å². The lowest BCUT2D eigenvalue weighted by Crippen LogP contribution is -2.42. The molecule has 0 spiro atoms. The van der Waals surface area contributed by atoms with Gasteiger partial charge in [-0.25, -0.2) is 4.98 Å². The highest BCUT2D eigenvalue weighted by molar-refractivity contribution is 5.80. The number of hydrogen-bond acceptors (Lipinski definition) is 2. The Morgan fingerprint density at radius 1 is 1.35 bits per heavy atom. The third-order valence-electron chi connectivity index (χ3n) is 4.30. The predicted octanol–water partition coefficient (Wildman–Crippen LogP) is 2.73. The van der Waals surface area contributed by atoms with Gasteiger partial charge < -0.3 is 9.88 Å². The van der Waals surface area contributed by atoms with Crippen molar-refractivity contribution in [3.63, 3.8) is 0 Å². The third-order valence-corrected chi connectivity index (χ3v) is 4.30. The molecule has 1 aliphatic rings. The molecule has 0 aliphatic heterocycles. The molecule has 106 valence electrons. The molecule has 1 amide bonds. The van der Waals surface area contributed by atoms with Gasteiger partial charge >= 0.3 is 0 Å². The van der Waals surface area contributed by atoms with Crippen LogP contribution in [-0.4, -0.2) is 21.5 Å². The van der Waals surface area contributed by atoms with Crippen molar-refractivity contribution < 1.29 is 4.79 Å². The van der Waals surface area contributed by atoms with E-state index in [-0.39, 0.29) is 5.91 Å². The van der Waals surface area contributed by atoms with E-state index < -0.39 is 0 Å². The monoisotopic (exact) mass is 271 g/mol. The highest BCUT2D eigenvalue weighted by atomic mass is 16.2. The molecule has 2 atom stereocenters. The minimum absolute atomic E-state index is 0.0897. The highest BCUT2D eigenvalue weighted by Gasteiger charge is 2.22. The van der Waals surface area contributed by atoms with Crippen LogP contribution in [0, 0.1) is 5.92 Å². The zero-order valence-electron chi connectivity index (χ0n) is 11.9. The second-order valence-electron chi connectivity index (χ2n) is 5.80. The van der Waals surface area contributed by atoms with Gasteiger partial charge in [-0.15, -0.1) is 0 Å². The number of rotatable bonds is 3. The molecule has 2 aromatic rings. The van der Waals surface area contributed by atoms with Gasteiger partial charge in [0.15, 0.2) is 0 Å². The van der Waals surface area contributed by atoms with Gasteiger partial charge in [-0.05, 0) is 30.9 Å². The first-order valence-electron chi connectivity index (χ1n) is 7.43. The molecule has 0 unspecified atom stereocenters. The van der Waals surface area contributed by atoms with Gasteiger partial charge in [-0.1, -0.05) is 31.9 Å². The molecular formula is C16H21N3O. The number of para-hydroxylation sites is 2. The first kappa shape index (κ1) is 13.2. The van der Waals surface area contributed by atoms with Crippen LogP contribution in [0.15, 0.2) is 30.6 Å². The maximum atomic E-state index is 12.2. The lowest BCUT2D eigenvalue weighted by molar-refractivity contribution is -0.122. The van der Waals surface area contributed by atoms with Crippen LogP contribution in [0.4, 0.5) is 0 Å². The fraction of sp³-hybridized carbons (Fsp3) is 0.500. The van der Waals surface area contributed by atoms with Crippen molar-refractivity contribution in [2.45, 2.75) is 45.2 Å². The van der Waals surface area contributed by atoms with Crippen molar-refractivity contribution in [2.24, 2.45) is 5.92 Å². The summed E-state index contributed by atoms with van der Waals surface area (Å²) < 4.78 is 1.91. The Bertz CT molecular complexity index is 605. The molecule has 20 heavy (non-hydrogen) atoms. The molecule has 4 nitrogen and oxygen atoms in total. The number of amides is 1. The van der Waals surface area contributed by atoms with Gasteiger partial charge in [0, 0.05) is 6.04 Å². The van der Waals surface area contributed by atoms with E-state index in [2.05, 4.69) is 17.2 Å². The van der Waals surface area contributed by atoms with Gasteiger partial charge in [0.25, 0.3) is 0 Å². The van der Waals surface area contributed by atoms with Crippen molar-refractivity contribution in [3.8, 4) is 0 Å². The highest BCUT2D eigenvalue weighted by Crippen LogP contribution is 2.23. The van der Waals surface area contributed by atoms with E-state index >= 15 is 0 Å². The van der Waals surface area contributed by atoms with E-state index in [1.807, 2.05) is 28.8 Å². The smallest absolute Gasteiger partial charge is 0.240 e. The summed E-state index contributed by atoms with van der Waals surface area (Å²) in [7, 11) is 0. The van der Waals surface area contributed by atoms with Crippen LogP contribution in [0.1, 0.15) is 32.6 Å². The molecule has 0 radical (unpaired) electrons. The summed E-state index contributed by atoms with van der Waals surface area (Å²) in [5.74, 6) is 0.680. The van der Waals surface area contributed by atoms with E-state index in [0.717, 1.165) is 17.5 Å². The zero-order chi connectivity index (χ0) is 13.9.